The van der Waals surface area contributed by atoms with Gasteiger partial charge in [-0.3, -0.25) is 0 Å². The fourth-order valence-electron chi connectivity index (χ4n) is 1.60. The largest absolute Gasteiger partial charge is 0.506 e. The lowest BCUT2D eigenvalue weighted by atomic mass is 10.2. The monoisotopic (exact) mass is 310 g/mol. The normalized spacial score (nSPS) is 11.7. The zero-order chi connectivity index (χ0) is 14.7. The molecule has 0 spiro atoms. The Balaban J connectivity index is 2.35. The minimum atomic E-state index is 0.0563. The molecule has 0 atom stereocenters. The number of hydrogen-bond donors (Lipinski definition) is 1. The van der Waals surface area contributed by atoms with Crippen LogP contribution in [0.1, 0.15) is 31.2 Å². The van der Waals surface area contributed by atoms with Gasteiger partial charge < -0.3 is 5.11 Å². The molecule has 0 unspecified atom stereocenters. The molecule has 7 heteroatoms. The van der Waals surface area contributed by atoms with Crippen LogP contribution in [0, 0.1) is 0 Å². The Morgan fingerprint density at radius 1 is 1.40 bits per heavy atom. The van der Waals surface area contributed by atoms with E-state index >= 15 is 0 Å². The maximum atomic E-state index is 9.39. The van der Waals surface area contributed by atoms with Crippen molar-refractivity contribution in [3.05, 3.63) is 34.6 Å². The summed E-state index contributed by atoms with van der Waals surface area (Å²) in [7, 11) is 0. The van der Waals surface area contributed by atoms with Crippen LogP contribution >= 0.6 is 23.4 Å². The first-order valence-electron chi connectivity index (χ1n) is 6.05. The number of thioether (sulfide) groups is 1. The third kappa shape index (κ3) is 3.13. The summed E-state index contributed by atoms with van der Waals surface area (Å²) in [5, 5.41) is 23.1. The van der Waals surface area contributed by atoms with Gasteiger partial charge >= 0.3 is 0 Å². The maximum Gasteiger partial charge on any atom is 0.211 e. The van der Waals surface area contributed by atoms with Crippen molar-refractivity contribution in [3.8, 4) is 5.75 Å². The number of nitrogens with zero attached hydrogens (tertiary/aromatic N) is 4. The highest BCUT2D eigenvalue weighted by atomic mass is 35.5. The first kappa shape index (κ1) is 14.9. The average molecular weight is 311 g/mol. The lowest BCUT2D eigenvalue weighted by Crippen LogP contribution is -2.01. The predicted octanol–water partition coefficient (Wildman–Crippen LogP) is 3.36. The minimum Gasteiger partial charge on any atom is -0.506 e. The molecule has 1 N–H and O–H groups in total. The van der Waals surface area contributed by atoms with E-state index in [0.717, 1.165) is 16.5 Å². The number of phenols is 1. The van der Waals surface area contributed by atoms with Crippen LogP contribution in [-0.2, 0) is 0 Å². The van der Waals surface area contributed by atoms with Crippen molar-refractivity contribution in [1.29, 1.82) is 0 Å². The van der Waals surface area contributed by atoms with E-state index in [2.05, 4.69) is 15.3 Å². The zero-order valence-corrected chi connectivity index (χ0v) is 13.0. The van der Waals surface area contributed by atoms with E-state index in [4.69, 9.17) is 11.6 Å². The van der Waals surface area contributed by atoms with Crippen molar-refractivity contribution in [1.82, 2.24) is 14.9 Å². The third-order valence-electron chi connectivity index (χ3n) is 2.63. The average Bonchev–Trinajstić information content (AvgIpc) is 2.83. The molecule has 0 aliphatic rings. The fraction of sp³-hybridized carbons (Fsp3) is 0.308. The second-order valence-electron chi connectivity index (χ2n) is 4.47. The highest BCUT2D eigenvalue weighted by Gasteiger charge is 2.13. The molecule has 0 saturated carbocycles. The van der Waals surface area contributed by atoms with Crippen molar-refractivity contribution >= 4 is 29.6 Å². The Labute approximate surface area is 126 Å². The number of phenolic OH excluding ortho intramolecular Hbond substituents is 1. The molecule has 0 radical (unpaired) electrons. The summed E-state index contributed by atoms with van der Waals surface area (Å²) in [6, 6.07) is 4.93. The number of halogens is 1. The van der Waals surface area contributed by atoms with Gasteiger partial charge in [-0.25, -0.2) is 0 Å². The van der Waals surface area contributed by atoms with Crippen molar-refractivity contribution < 1.29 is 5.11 Å². The summed E-state index contributed by atoms with van der Waals surface area (Å²) in [5.41, 5.74) is 0.795. The molecule has 20 heavy (non-hydrogen) atoms. The summed E-state index contributed by atoms with van der Waals surface area (Å²) in [5.74, 6) is 1.08. The second-order valence-corrected chi connectivity index (χ2v) is 5.65. The Morgan fingerprint density at radius 3 is 2.75 bits per heavy atom. The standard InChI is InChI=1S/C13H15ClN4OS/c1-8(2)12-16-17-13(20-3)18(12)15-7-9-4-5-11(19)10(14)6-9/h4-8,19H,1-3H3/b15-7-. The van der Waals surface area contributed by atoms with E-state index in [1.807, 2.05) is 20.1 Å². The highest BCUT2D eigenvalue weighted by Crippen LogP contribution is 2.23. The first-order valence-corrected chi connectivity index (χ1v) is 7.65. The van der Waals surface area contributed by atoms with Crippen LogP contribution in [0.5, 0.6) is 5.75 Å². The highest BCUT2D eigenvalue weighted by molar-refractivity contribution is 7.98. The Kier molecular flexibility index (Phi) is 4.67. The number of aromatic nitrogens is 3. The summed E-state index contributed by atoms with van der Waals surface area (Å²) < 4.78 is 1.72. The van der Waals surface area contributed by atoms with E-state index in [9.17, 15) is 5.11 Å². The van der Waals surface area contributed by atoms with Gasteiger partial charge in [0, 0.05) is 5.92 Å². The van der Waals surface area contributed by atoms with Crippen LogP contribution in [0.4, 0.5) is 0 Å². The van der Waals surface area contributed by atoms with Gasteiger partial charge in [-0.15, -0.1) is 10.2 Å². The lowest BCUT2D eigenvalue weighted by molar-refractivity contribution is 0.475. The van der Waals surface area contributed by atoms with E-state index in [1.165, 1.54) is 17.8 Å². The number of benzene rings is 1. The predicted molar refractivity (Wildman–Crippen MR) is 82.0 cm³/mol. The van der Waals surface area contributed by atoms with E-state index < -0.39 is 0 Å². The van der Waals surface area contributed by atoms with Crippen molar-refractivity contribution in [3.63, 3.8) is 0 Å². The molecule has 5 nitrogen and oxygen atoms in total. The molecule has 1 heterocycles. The third-order valence-corrected chi connectivity index (χ3v) is 3.55. The maximum absolute atomic E-state index is 9.39. The Hall–Kier alpha value is -1.53. The van der Waals surface area contributed by atoms with E-state index in [1.54, 1.807) is 23.0 Å². The Bertz CT molecular complexity index is 639. The molecular formula is C13H15ClN4OS. The topological polar surface area (TPSA) is 63.3 Å². The molecule has 0 amide bonds. The number of rotatable bonds is 4. The summed E-state index contributed by atoms with van der Waals surface area (Å²) in [4.78, 5) is 0. The van der Waals surface area contributed by atoms with E-state index in [0.29, 0.717) is 5.02 Å². The molecule has 0 bridgehead atoms. The molecule has 0 aliphatic heterocycles. The molecule has 2 rings (SSSR count). The van der Waals surface area contributed by atoms with Crippen LogP contribution in [0.3, 0.4) is 0 Å². The van der Waals surface area contributed by atoms with Crippen LogP contribution in [-0.4, -0.2) is 32.5 Å². The van der Waals surface area contributed by atoms with Gasteiger partial charge in [-0.05, 0) is 30.0 Å². The zero-order valence-electron chi connectivity index (χ0n) is 11.4. The molecule has 0 aliphatic carbocycles. The van der Waals surface area contributed by atoms with Crippen molar-refractivity contribution in [2.45, 2.75) is 24.9 Å². The van der Waals surface area contributed by atoms with Crippen LogP contribution in [0.25, 0.3) is 0 Å². The Morgan fingerprint density at radius 2 is 2.15 bits per heavy atom. The fourth-order valence-corrected chi connectivity index (χ4v) is 2.23. The molecule has 1 aromatic heterocycles. The molecule has 0 fully saturated rings. The summed E-state index contributed by atoms with van der Waals surface area (Å²) in [6.45, 7) is 4.08. The lowest BCUT2D eigenvalue weighted by Gasteiger charge is -2.05. The van der Waals surface area contributed by atoms with Crippen molar-refractivity contribution in [2.75, 3.05) is 6.26 Å². The van der Waals surface area contributed by atoms with Crippen LogP contribution < -0.4 is 0 Å². The minimum absolute atomic E-state index is 0.0563. The first-order chi connectivity index (χ1) is 9.52. The number of hydrogen-bond acceptors (Lipinski definition) is 5. The van der Waals surface area contributed by atoms with Gasteiger partial charge in [-0.2, -0.15) is 9.78 Å². The molecule has 2 aromatic rings. The molecule has 0 saturated heterocycles. The SMILES string of the molecule is CSc1nnc(C(C)C)n1/N=C\c1ccc(O)c(Cl)c1. The van der Waals surface area contributed by atoms with Crippen LogP contribution in [0.2, 0.25) is 5.02 Å². The summed E-state index contributed by atoms with van der Waals surface area (Å²) in [6.07, 6.45) is 3.60. The van der Waals surface area contributed by atoms with Gasteiger partial charge in [0.2, 0.25) is 5.16 Å². The molecule has 1 aromatic carbocycles. The summed E-state index contributed by atoms with van der Waals surface area (Å²) >= 11 is 7.35. The van der Waals surface area contributed by atoms with Crippen LogP contribution in [0.15, 0.2) is 28.5 Å². The van der Waals surface area contributed by atoms with Gasteiger partial charge in [0.1, 0.15) is 5.75 Å². The van der Waals surface area contributed by atoms with Gasteiger partial charge in [0.25, 0.3) is 0 Å². The smallest absolute Gasteiger partial charge is 0.211 e. The van der Waals surface area contributed by atoms with Crippen molar-refractivity contribution in [2.24, 2.45) is 5.10 Å². The van der Waals surface area contributed by atoms with Gasteiger partial charge in [0.05, 0.1) is 11.2 Å². The van der Waals surface area contributed by atoms with E-state index in [-0.39, 0.29) is 11.7 Å². The number of aromatic hydroxyl groups is 1. The van der Waals surface area contributed by atoms with Gasteiger partial charge in [0.15, 0.2) is 5.82 Å². The molecular weight excluding hydrogens is 296 g/mol. The second kappa shape index (κ2) is 6.28. The quantitative estimate of drug-likeness (QED) is 0.694. The molecule has 106 valence electrons. The van der Waals surface area contributed by atoms with Gasteiger partial charge in [-0.1, -0.05) is 37.2 Å².